The van der Waals surface area contributed by atoms with Crippen LogP contribution in [0.15, 0.2) is 5.10 Å². The molecule has 46 valence electrons. The van der Waals surface area contributed by atoms with Crippen LogP contribution in [0.5, 0.6) is 0 Å². The summed E-state index contributed by atoms with van der Waals surface area (Å²) in [6, 6.07) is 0. The molecule has 0 fully saturated rings. The van der Waals surface area contributed by atoms with Crippen molar-refractivity contribution < 1.29 is 0 Å². The van der Waals surface area contributed by atoms with Gasteiger partial charge in [-0.1, -0.05) is 13.8 Å². The smallest absolute Gasteiger partial charge is 0.0339 e. The minimum atomic E-state index is -0.0122. The molecule has 0 aromatic carbocycles. The normalized spacial score (nSPS) is 24.6. The van der Waals surface area contributed by atoms with Crippen LogP contribution >= 0.6 is 0 Å². The van der Waals surface area contributed by atoms with Crippen LogP contribution in [0.2, 0.25) is 0 Å². The Morgan fingerprint density at radius 1 is 1.75 bits per heavy atom. The summed E-state index contributed by atoms with van der Waals surface area (Å²) in [4.78, 5) is 0. The molecule has 0 aromatic rings. The van der Waals surface area contributed by atoms with Gasteiger partial charge in [0, 0.05) is 18.2 Å². The monoisotopic (exact) mass is 113 g/mol. The van der Waals surface area contributed by atoms with E-state index in [9.17, 15) is 5.21 Å². The first-order chi connectivity index (χ1) is 3.60. The van der Waals surface area contributed by atoms with E-state index in [2.05, 4.69) is 5.10 Å². The molecule has 8 heavy (non-hydrogen) atoms. The summed E-state index contributed by atoms with van der Waals surface area (Å²) in [6.07, 6.45) is 1.68. The van der Waals surface area contributed by atoms with Crippen LogP contribution in [0.1, 0.15) is 13.8 Å². The maximum absolute atomic E-state index is 10.4. The molecule has 0 bridgehead atoms. The zero-order chi connectivity index (χ0) is 6.20. The first kappa shape index (κ1) is 5.56. The lowest BCUT2D eigenvalue weighted by Crippen LogP contribution is -2.19. The van der Waals surface area contributed by atoms with Gasteiger partial charge in [0.05, 0.1) is 0 Å². The zero-order valence-electron chi connectivity index (χ0n) is 5.09. The molecule has 0 saturated heterocycles. The van der Waals surface area contributed by atoms with E-state index in [-0.39, 0.29) is 5.41 Å². The van der Waals surface area contributed by atoms with Crippen molar-refractivity contribution in [3.63, 3.8) is 0 Å². The number of nitrogens with zero attached hydrogens (tertiary/aromatic N) is 2. The lowest BCUT2D eigenvalue weighted by atomic mass is 9.97. The second-order valence-corrected chi connectivity index (χ2v) is 2.74. The molecule has 0 aromatic heterocycles. The Morgan fingerprint density at radius 3 is 2.50 bits per heavy atom. The fourth-order valence-electron chi connectivity index (χ4n) is 0.651. The molecule has 0 N–H and O–H groups in total. The quantitative estimate of drug-likeness (QED) is 0.466. The number of hydrogen-bond donors (Lipinski definition) is 0. The third-order valence-corrected chi connectivity index (χ3v) is 1.08. The Hall–Kier alpha value is -0.570. The van der Waals surface area contributed by atoms with Crippen molar-refractivity contribution in [2.45, 2.75) is 13.8 Å². The maximum Gasteiger partial charge on any atom is 0.0339 e. The summed E-state index contributed by atoms with van der Waals surface area (Å²) < 4.78 is 0. The minimum Gasteiger partial charge on any atom is -0.742 e. The summed E-state index contributed by atoms with van der Waals surface area (Å²) in [5.41, 5.74) is -0.0122. The maximum atomic E-state index is 10.4. The molecule has 0 atom stereocenters. The molecule has 3 nitrogen and oxygen atoms in total. The van der Waals surface area contributed by atoms with E-state index in [1.54, 1.807) is 6.21 Å². The standard InChI is InChI=1S/C5H9N2O/c1-5(2)3-6-7(8)4-5/h3H,4H2,1-2H3/q-1. The van der Waals surface area contributed by atoms with Crippen molar-refractivity contribution in [1.29, 1.82) is 0 Å². The van der Waals surface area contributed by atoms with Crippen LogP contribution in [0.4, 0.5) is 0 Å². The second-order valence-electron chi connectivity index (χ2n) is 2.74. The van der Waals surface area contributed by atoms with E-state index < -0.39 is 0 Å². The summed E-state index contributed by atoms with van der Waals surface area (Å²) in [6.45, 7) is 4.45. The van der Waals surface area contributed by atoms with Crippen molar-refractivity contribution >= 4 is 6.21 Å². The van der Waals surface area contributed by atoms with Gasteiger partial charge in [0.15, 0.2) is 0 Å². The lowest BCUT2D eigenvalue weighted by molar-refractivity contribution is 0.355. The van der Waals surface area contributed by atoms with Gasteiger partial charge in [-0.15, -0.1) is 0 Å². The molecule has 3 heteroatoms. The molecule has 0 spiro atoms. The van der Waals surface area contributed by atoms with Gasteiger partial charge < -0.3 is 10.4 Å². The Morgan fingerprint density at radius 2 is 2.38 bits per heavy atom. The molecular formula is C5H9N2O-. The molecular weight excluding hydrogens is 104 g/mol. The minimum absolute atomic E-state index is 0.0122. The predicted molar refractivity (Wildman–Crippen MR) is 32.3 cm³/mol. The van der Waals surface area contributed by atoms with Gasteiger partial charge in [0.25, 0.3) is 0 Å². The van der Waals surface area contributed by atoms with Gasteiger partial charge in [-0.05, 0) is 0 Å². The summed E-state index contributed by atoms with van der Waals surface area (Å²) in [5, 5.41) is 14.6. The highest BCUT2D eigenvalue weighted by Crippen LogP contribution is 2.18. The highest BCUT2D eigenvalue weighted by Gasteiger charge is 2.19. The second kappa shape index (κ2) is 1.45. The Labute approximate surface area is 48.6 Å². The van der Waals surface area contributed by atoms with Gasteiger partial charge in [0.1, 0.15) is 0 Å². The molecule has 1 heterocycles. The first-order valence-corrected chi connectivity index (χ1v) is 2.60. The number of hydroxylamine groups is 1. The molecule has 0 unspecified atom stereocenters. The summed E-state index contributed by atoms with van der Waals surface area (Å²) in [5.74, 6) is 0. The van der Waals surface area contributed by atoms with Gasteiger partial charge in [-0.2, -0.15) is 0 Å². The van der Waals surface area contributed by atoms with Crippen molar-refractivity contribution in [2.75, 3.05) is 6.54 Å². The lowest BCUT2D eigenvalue weighted by Gasteiger charge is -2.22. The van der Waals surface area contributed by atoms with Crippen molar-refractivity contribution in [2.24, 2.45) is 10.5 Å². The van der Waals surface area contributed by atoms with E-state index >= 15 is 0 Å². The average molecular weight is 113 g/mol. The van der Waals surface area contributed by atoms with E-state index in [1.165, 1.54) is 0 Å². The molecule has 1 rings (SSSR count). The zero-order valence-corrected chi connectivity index (χ0v) is 5.09. The largest absolute Gasteiger partial charge is 0.742 e. The SMILES string of the molecule is CC1(C)C=NN([O-])C1. The number of hydrogen-bond acceptors (Lipinski definition) is 3. The van der Waals surface area contributed by atoms with Crippen LogP contribution in [0, 0.1) is 10.6 Å². The number of hydrazone groups is 1. The van der Waals surface area contributed by atoms with Crippen molar-refractivity contribution in [3.8, 4) is 0 Å². The Kier molecular flexibility index (Phi) is 1.01. The Bertz CT molecular complexity index is 120. The molecule has 0 radical (unpaired) electrons. The van der Waals surface area contributed by atoms with Gasteiger partial charge in [-0.25, -0.2) is 5.10 Å². The number of rotatable bonds is 0. The van der Waals surface area contributed by atoms with E-state index in [0.717, 1.165) is 0 Å². The van der Waals surface area contributed by atoms with Crippen molar-refractivity contribution in [1.82, 2.24) is 5.17 Å². The first-order valence-electron chi connectivity index (χ1n) is 2.60. The van der Waals surface area contributed by atoms with E-state index in [4.69, 9.17) is 0 Å². The molecule has 0 aliphatic carbocycles. The van der Waals surface area contributed by atoms with Crippen LogP contribution in [0.25, 0.3) is 0 Å². The third-order valence-electron chi connectivity index (χ3n) is 1.08. The van der Waals surface area contributed by atoms with Crippen LogP contribution < -0.4 is 0 Å². The molecule has 1 aliphatic rings. The topological polar surface area (TPSA) is 38.7 Å². The van der Waals surface area contributed by atoms with E-state index in [0.29, 0.717) is 11.7 Å². The van der Waals surface area contributed by atoms with E-state index in [1.807, 2.05) is 13.8 Å². The van der Waals surface area contributed by atoms with Gasteiger partial charge in [-0.3, -0.25) is 0 Å². The summed E-state index contributed by atoms with van der Waals surface area (Å²) >= 11 is 0. The van der Waals surface area contributed by atoms with Crippen molar-refractivity contribution in [3.05, 3.63) is 5.21 Å². The molecule has 0 amide bonds. The van der Waals surface area contributed by atoms with Gasteiger partial charge >= 0.3 is 0 Å². The highest BCUT2D eigenvalue weighted by atomic mass is 16.5. The fourth-order valence-corrected chi connectivity index (χ4v) is 0.651. The average Bonchev–Trinajstić information content (AvgIpc) is 1.82. The highest BCUT2D eigenvalue weighted by molar-refractivity contribution is 5.66. The van der Waals surface area contributed by atoms with Gasteiger partial charge in [0.2, 0.25) is 0 Å². The Balaban J connectivity index is 2.58. The summed E-state index contributed by atoms with van der Waals surface area (Å²) in [7, 11) is 0. The van der Waals surface area contributed by atoms with Crippen LogP contribution in [-0.4, -0.2) is 17.9 Å². The molecule has 0 saturated carbocycles. The third kappa shape index (κ3) is 0.980. The predicted octanol–water partition coefficient (Wildman–Crippen LogP) is 0.812. The fraction of sp³-hybridized carbons (Fsp3) is 0.800. The molecule has 1 aliphatic heterocycles. The van der Waals surface area contributed by atoms with Crippen LogP contribution in [-0.2, 0) is 0 Å². The van der Waals surface area contributed by atoms with Crippen LogP contribution in [0.3, 0.4) is 0 Å².